The average Bonchev–Trinajstić information content (AvgIpc) is 3.42. The summed E-state index contributed by atoms with van der Waals surface area (Å²) in [5.41, 5.74) is 1.70. The van der Waals surface area contributed by atoms with Gasteiger partial charge in [0, 0.05) is 24.7 Å². The molecule has 29 heavy (non-hydrogen) atoms. The molecule has 152 valence electrons. The van der Waals surface area contributed by atoms with Crippen molar-refractivity contribution >= 4 is 44.3 Å². The highest BCUT2D eigenvalue weighted by atomic mass is 32.2. The van der Waals surface area contributed by atoms with Crippen molar-refractivity contribution in [3.8, 4) is 0 Å². The van der Waals surface area contributed by atoms with Crippen molar-refractivity contribution in [2.75, 3.05) is 18.4 Å². The van der Waals surface area contributed by atoms with E-state index >= 15 is 0 Å². The summed E-state index contributed by atoms with van der Waals surface area (Å²) < 4.78 is 27.5. The van der Waals surface area contributed by atoms with E-state index in [1.165, 1.54) is 27.0 Å². The quantitative estimate of drug-likeness (QED) is 0.642. The molecule has 10 heteroatoms. The molecular formula is C19H20N4O3S3. The zero-order valence-electron chi connectivity index (χ0n) is 15.7. The largest absolute Gasteiger partial charge is 0.320 e. The number of hydrogen-bond acceptors (Lipinski definition) is 7. The Balaban J connectivity index is 1.48. The summed E-state index contributed by atoms with van der Waals surface area (Å²) in [5.74, 6) is -0.363. The maximum atomic E-state index is 12.8. The van der Waals surface area contributed by atoms with Crippen molar-refractivity contribution in [3.63, 3.8) is 0 Å². The fraction of sp³-hybridized carbons (Fsp3) is 0.316. The van der Waals surface area contributed by atoms with E-state index in [1.807, 2.05) is 31.2 Å². The molecule has 3 aromatic rings. The maximum absolute atomic E-state index is 12.8. The molecule has 0 saturated carbocycles. The first-order valence-corrected chi connectivity index (χ1v) is 12.3. The molecule has 1 saturated heterocycles. The van der Waals surface area contributed by atoms with Gasteiger partial charge >= 0.3 is 0 Å². The molecule has 1 fully saturated rings. The van der Waals surface area contributed by atoms with E-state index in [2.05, 4.69) is 15.5 Å². The summed E-state index contributed by atoms with van der Waals surface area (Å²) in [5, 5.41) is 13.8. The monoisotopic (exact) mass is 448 g/mol. The fourth-order valence-electron chi connectivity index (χ4n) is 3.28. The Labute approximate surface area is 177 Å². The van der Waals surface area contributed by atoms with Crippen molar-refractivity contribution in [3.05, 3.63) is 57.4 Å². The third-order valence-corrected chi connectivity index (χ3v) is 9.17. The van der Waals surface area contributed by atoms with E-state index < -0.39 is 10.0 Å². The number of carbonyl (C=O) groups is 1. The van der Waals surface area contributed by atoms with Gasteiger partial charge in [0.25, 0.3) is 15.9 Å². The zero-order chi connectivity index (χ0) is 20.4. The van der Waals surface area contributed by atoms with Crippen molar-refractivity contribution < 1.29 is 13.2 Å². The number of piperidine rings is 1. The summed E-state index contributed by atoms with van der Waals surface area (Å²) in [6.45, 7) is 2.77. The molecule has 1 aliphatic heterocycles. The van der Waals surface area contributed by atoms with Crippen LogP contribution in [0.15, 0.2) is 46.0 Å². The van der Waals surface area contributed by atoms with Crippen LogP contribution in [0.25, 0.3) is 0 Å². The second-order valence-corrected chi connectivity index (χ2v) is 11.0. The molecule has 0 aliphatic carbocycles. The number of anilines is 1. The van der Waals surface area contributed by atoms with E-state index in [0.717, 1.165) is 24.1 Å². The Morgan fingerprint density at radius 2 is 2.03 bits per heavy atom. The second-order valence-electron chi connectivity index (χ2n) is 6.85. The minimum atomic E-state index is -3.49. The number of nitrogens with zero attached hydrogens (tertiary/aromatic N) is 3. The van der Waals surface area contributed by atoms with Gasteiger partial charge in [0.05, 0.1) is 0 Å². The van der Waals surface area contributed by atoms with Crippen molar-refractivity contribution in [2.24, 2.45) is 0 Å². The van der Waals surface area contributed by atoms with Gasteiger partial charge in [0.2, 0.25) is 5.01 Å². The molecule has 1 aromatic carbocycles. The number of aromatic nitrogens is 2. The normalized spacial score (nSPS) is 17.9. The number of benzene rings is 1. The number of sulfonamides is 1. The summed E-state index contributed by atoms with van der Waals surface area (Å²) in [7, 11) is -3.49. The van der Waals surface area contributed by atoms with Gasteiger partial charge in [0.1, 0.15) is 9.22 Å². The Morgan fingerprint density at radius 3 is 2.79 bits per heavy atom. The first-order valence-electron chi connectivity index (χ1n) is 9.19. The molecule has 1 atom stereocenters. The Kier molecular flexibility index (Phi) is 5.77. The highest BCUT2D eigenvalue weighted by Gasteiger charge is 2.33. The van der Waals surface area contributed by atoms with E-state index in [9.17, 15) is 13.2 Å². The molecule has 1 amide bonds. The highest BCUT2D eigenvalue weighted by molar-refractivity contribution is 7.91. The molecular weight excluding hydrogens is 428 g/mol. The molecule has 0 unspecified atom stereocenters. The Morgan fingerprint density at radius 1 is 1.21 bits per heavy atom. The van der Waals surface area contributed by atoms with Gasteiger partial charge in [-0.05, 0) is 42.8 Å². The first kappa shape index (κ1) is 20.1. The van der Waals surface area contributed by atoms with Gasteiger partial charge in [0.15, 0.2) is 0 Å². The van der Waals surface area contributed by atoms with Gasteiger partial charge in [-0.1, -0.05) is 35.6 Å². The number of amides is 1. The minimum Gasteiger partial charge on any atom is -0.320 e. The standard InChI is InChI=1S/C19H20N4O3S3/c1-13-6-2-3-8-15(13)20-17(24)19-22-21-18(28-19)14-7-4-10-23(12-14)29(25,26)16-9-5-11-27-16/h2-3,5-6,8-9,11,14H,4,7,10,12H2,1H3,(H,20,24)/t14-/m0/s1. The molecule has 7 nitrogen and oxygen atoms in total. The van der Waals surface area contributed by atoms with Crippen LogP contribution in [-0.4, -0.2) is 41.9 Å². The van der Waals surface area contributed by atoms with E-state index in [1.54, 1.807) is 17.5 Å². The van der Waals surface area contributed by atoms with Crippen LogP contribution in [0.5, 0.6) is 0 Å². The number of carbonyl (C=O) groups excluding carboxylic acids is 1. The Hall–Kier alpha value is -2.14. The van der Waals surface area contributed by atoms with Crippen LogP contribution in [0.2, 0.25) is 0 Å². The lowest BCUT2D eigenvalue weighted by atomic mass is 10.0. The lowest BCUT2D eigenvalue weighted by Gasteiger charge is -2.30. The van der Waals surface area contributed by atoms with Crippen LogP contribution < -0.4 is 5.32 Å². The maximum Gasteiger partial charge on any atom is 0.286 e. The number of hydrogen-bond donors (Lipinski definition) is 1. The van der Waals surface area contributed by atoms with Crippen LogP contribution in [-0.2, 0) is 10.0 Å². The Bertz CT molecular complexity index is 1110. The van der Waals surface area contributed by atoms with E-state index in [0.29, 0.717) is 22.3 Å². The fourth-order valence-corrected chi connectivity index (χ4v) is 6.81. The number of aryl methyl sites for hydroxylation is 1. The van der Waals surface area contributed by atoms with Crippen molar-refractivity contribution in [1.29, 1.82) is 0 Å². The predicted molar refractivity (Wildman–Crippen MR) is 114 cm³/mol. The van der Waals surface area contributed by atoms with Crippen LogP contribution in [0.4, 0.5) is 5.69 Å². The van der Waals surface area contributed by atoms with Crippen molar-refractivity contribution in [2.45, 2.75) is 29.9 Å². The molecule has 0 spiro atoms. The molecule has 2 aromatic heterocycles. The summed E-state index contributed by atoms with van der Waals surface area (Å²) >= 11 is 2.45. The third-order valence-electron chi connectivity index (χ3n) is 4.85. The van der Waals surface area contributed by atoms with E-state index in [-0.39, 0.29) is 16.8 Å². The molecule has 1 N–H and O–H groups in total. The first-order chi connectivity index (χ1) is 13.9. The van der Waals surface area contributed by atoms with Crippen LogP contribution >= 0.6 is 22.7 Å². The van der Waals surface area contributed by atoms with Gasteiger partial charge in [-0.15, -0.1) is 21.5 Å². The molecule has 4 rings (SSSR count). The summed E-state index contributed by atoms with van der Waals surface area (Å²) in [6.07, 6.45) is 1.57. The summed E-state index contributed by atoms with van der Waals surface area (Å²) in [4.78, 5) is 12.5. The molecule has 1 aliphatic rings. The second kappa shape index (κ2) is 8.31. The third kappa shape index (κ3) is 4.25. The SMILES string of the molecule is Cc1ccccc1NC(=O)c1nnc([C@H]2CCCN(S(=O)(=O)c3cccs3)C2)s1. The predicted octanol–water partition coefficient (Wildman–Crippen LogP) is 3.73. The highest BCUT2D eigenvalue weighted by Crippen LogP contribution is 2.33. The van der Waals surface area contributed by atoms with E-state index in [4.69, 9.17) is 0 Å². The smallest absolute Gasteiger partial charge is 0.286 e. The molecule has 0 bridgehead atoms. The molecule has 0 radical (unpaired) electrons. The number of nitrogens with one attached hydrogen (secondary N) is 1. The van der Waals surface area contributed by atoms with Gasteiger partial charge < -0.3 is 5.32 Å². The van der Waals surface area contributed by atoms with Crippen LogP contribution in [0.1, 0.15) is 39.1 Å². The number of para-hydroxylation sites is 1. The molecule has 3 heterocycles. The topological polar surface area (TPSA) is 92.3 Å². The average molecular weight is 449 g/mol. The lowest BCUT2D eigenvalue weighted by Crippen LogP contribution is -2.38. The zero-order valence-corrected chi connectivity index (χ0v) is 18.2. The van der Waals surface area contributed by atoms with Gasteiger partial charge in [-0.25, -0.2) is 8.42 Å². The van der Waals surface area contributed by atoms with Gasteiger partial charge in [-0.3, -0.25) is 4.79 Å². The van der Waals surface area contributed by atoms with Crippen LogP contribution in [0.3, 0.4) is 0 Å². The number of rotatable bonds is 5. The van der Waals surface area contributed by atoms with Crippen LogP contribution in [0, 0.1) is 6.92 Å². The lowest BCUT2D eigenvalue weighted by molar-refractivity contribution is 0.102. The van der Waals surface area contributed by atoms with Crippen molar-refractivity contribution in [1.82, 2.24) is 14.5 Å². The summed E-state index contributed by atoms with van der Waals surface area (Å²) in [6, 6.07) is 10.9. The van der Waals surface area contributed by atoms with Gasteiger partial charge in [-0.2, -0.15) is 4.31 Å². The number of thiophene rings is 1. The minimum absolute atomic E-state index is 0.0593.